The quantitative estimate of drug-likeness (QED) is 0.739. The first-order valence-corrected chi connectivity index (χ1v) is 8.67. The number of rotatable bonds is 6. The Kier molecular flexibility index (Phi) is 6.16. The van der Waals surface area contributed by atoms with Crippen LogP contribution in [0.5, 0.6) is 0 Å². The molecule has 1 nitrogen and oxygen atoms in total. The zero-order valence-corrected chi connectivity index (χ0v) is 14.2. The highest BCUT2D eigenvalue weighted by molar-refractivity contribution is 7.98. The number of benzene rings is 2. The summed E-state index contributed by atoms with van der Waals surface area (Å²) in [6.45, 7) is 4.28. The van der Waals surface area contributed by atoms with Crippen LogP contribution in [0.1, 0.15) is 30.0 Å². The van der Waals surface area contributed by atoms with Gasteiger partial charge in [0.25, 0.3) is 0 Å². The standard InChI is InChI=1S/C18H22ClNS/c1-3-17(20)11-15-10-16(19)8-9-18(15)21-12-14-7-5-4-6-13(14)2/h4-10,17H,3,11-12,20H2,1-2H3. The second kappa shape index (κ2) is 7.88. The van der Waals surface area contributed by atoms with Crippen LogP contribution in [0.2, 0.25) is 5.02 Å². The van der Waals surface area contributed by atoms with E-state index in [9.17, 15) is 0 Å². The molecule has 0 aliphatic heterocycles. The highest BCUT2D eigenvalue weighted by Gasteiger charge is 2.09. The van der Waals surface area contributed by atoms with E-state index in [2.05, 4.69) is 50.2 Å². The van der Waals surface area contributed by atoms with Gasteiger partial charge in [-0.05, 0) is 54.7 Å². The average Bonchev–Trinajstić information content (AvgIpc) is 2.48. The molecule has 0 bridgehead atoms. The second-order valence-electron chi connectivity index (χ2n) is 5.34. The number of aryl methyl sites for hydroxylation is 1. The fourth-order valence-corrected chi connectivity index (χ4v) is 3.52. The minimum atomic E-state index is 0.196. The van der Waals surface area contributed by atoms with Crippen LogP contribution >= 0.6 is 23.4 Å². The number of hydrogen-bond donors (Lipinski definition) is 1. The molecule has 0 aliphatic carbocycles. The normalized spacial score (nSPS) is 12.4. The summed E-state index contributed by atoms with van der Waals surface area (Å²) >= 11 is 8.00. The molecule has 2 N–H and O–H groups in total. The molecule has 0 fully saturated rings. The lowest BCUT2D eigenvalue weighted by molar-refractivity contribution is 0.641. The van der Waals surface area contributed by atoms with Crippen molar-refractivity contribution < 1.29 is 0 Å². The van der Waals surface area contributed by atoms with Gasteiger partial charge in [-0.15, -0.1) is 11.8 Å². The summed E-state index contributed by atoms with van der Waals surface area (Å²) in [7, 11) is 0. The maximum atomic E-state index is 6.14. The summed E-state index contributed by atoms with van der Waals surface area (Å²) < 4.78 is 0. The summed E-state index contributed by atoms with van der Waals surface area (Å²) in [6, 6.07) is 14.8. The summed E-state index contributed by atoms with van der Waals surface area (Å²) in [5, 5.41) is 0.786. The number of nitrogens with two attached hydrogens (primary N) is 1. The monoisotopic (exact) mass is 319 g/mol. The van der Waals surface area contributed by atoms with Crippen LogP contribution in [0.25, 0.3) is 0 Å². The predicted octanol–water partition coefficient (Wildman–Crippen LogP) is 5.22. The first kappa shape index (κ1) is 16.4. The van der Waals surface area contributed by atoms with Crippen LogP contribution in [-0.2, 0) is 12.2 Å². The van der Waals surface area contributed by atoms with E-state index in [4.69, 9.17) is 17.3 Å². The third-order valence-corrected chi connectivity index (χ3v) is 5.07. The Morgan fingerprint density at radius 2 is 1.90 bits per heavy atom. The molecule has 0 aliphatic rings. The van der Waals surface area contributed by atoms with Crippen LogP contribution in [0, 0.1) is 6.92 Å². The van der Waals surface area contributed by atoms with E-state index in [0.29, 0.717) is 0 Å². The summed E-state index contributed by atoms with van der Waals surface area (Å²) in [5.74, 6) is 0.975. The zero-order chi connectivity index (χ0) is 15.2. The molecule has 2 aromatic carbocycles. The van der Waals surface area contributed by atoms with Crippen molar-refractivity contribution in [1.29, 1.82) is 0 Å². The molecule has 3 heteroatoms. The van der Waals surface area contributed by atoms with Gasteiger partial charge < -0.3 is 5.73 Å². The van der Waals surface area contributed by atoms with Crippen LogP contribution in [0.15, 0.2) is 47.4 Å². The second-order valence-corrected chi connectivity index (χ2v) is 6.79. The Hall–Kier alpha value is -0.960. The fourth-order valence-electron chi connectivity index (χ4n) is 2.20. The molecule has 21 heavy (non-hydrogen) atoms. The fraction of sp³-hybridized carbons (Fsp3) is 0.333. The summed E-state index contributed by atoms with van der Waals surface area (Å²) in [5.41, 5.74) is 10.1. The van der Waals surface area contributed by atoms with Gasteiger partial charge in [-0.25, -0.2) is 0 Å². The van der Waals surface area contributed by atoms with Crippen molar-refractivity contribution in [1.82, 2.24) is 0 Å². The minimum absolute atomic E-state index is 0.196. The summed E-state index contributed by atoms with van der Waals surface area (Å²) in [6.07, 6.45) is 1.86. The van der Waals surface area contributed by atoms with E-state index in [1.807, 2.05) is 17.8 Å². The Bertz CT molecular complexity index is 598. The van der Waals surface area contributed by atoms with Gasteiger partial charge >= 0.3 is 0 Å². The van der Waals surface area contributed by atoms with Gasteiger partial charge in [-0.2, -0.15) is 0 Å². The molecule has 2 rings (SSSR count). The lowest BCUT2D eigenvalue weighted by Crippen LogP contribution is -2.21. The maximum absolute atomic E-state index is 6.14. The van der Waals surface area contributed by atoms with Gasteiger partial charge in [0.15, 0.2) is 0 Å². The average molecular weight is 320 g/mol. The van der Waals surface area contributed by atoms with E-state index >= 15 is 0 Å². The molecule has 0 aromatic heterocycles. The SMILES string of the molecule is CCC(N)Cc1cc(Cl)ccc1SCc1ccccc1C. The van der Waals surface area contributed by atoms with Gasteiger partial charge in [0.05, 0.1) is 0 Å². The van der Waals surface area contributed by atoms with Gasteiger partial charge in [0, 0.05) is 21.7 Å². The van der Waals surface area contributed by atoms with Gasteiger partial charge in [0.1, 0.15) is 0 Å². The molecule has 0 heterocycles. The lowest BCUT2D eigenvalue weighted by Gasteiger charge is -2.14. The Morgan fingerprint density at radius 1 is 1.14 bits per heavy atom. The van der Waals surface area contributed by atoms with Gasteiger partial charge in [-0.3, -0.25) is 0 Å². The van der Waals surface area contributed by atoms with Crippen LogP contribution in [0.4, 0.5) is 0 Å². The largest absolute Gasteiger partial charge is 0.327 e. The molecule has 112 valence electrons. The van der Waals surface area contributed by atoms with Crippen LogP contribution in [-0.4, -0.2) is 6.04 Å². The molecule has 1 atom stereocenters. The third-order valence-electron chi connectivity index (χ3n) is 3.67. The topological polar surface area (TPSA) is 26.0 Å². The van der Waals surface area contributed by atoms with Crippen molar-refractivity contribution in [2.45, 2.75) is 43.4 Å². The number of halogens is 1. The molecular weight excluding hydrogens is 298 g/mol. The highest BCUT2D eigenvalue weighted by Crippen LogP contribution is 2.30. The Morgan fingerprint density at radius 3 is 2.62 bits per heavy atom. The van der Waals surface area contributed by atoms with E-state index in [1.54, 1.807) is 0 Å². The predicted molar refractivity (Wildman–Crippen MR) is 94.2 cm³/mol. The Balaban J connectivity index is 2.14. The smallest absolute Gasteiger partial charge is 0.0409 e. The molecule has 0 amide bonds. The van der Waals surface area contributed by atoms with E-state index in [0.717, 1.165) is 23.6 Å². The zero-order valence-electron chi connectivity index (χ0n) is 12.6. The van der Waals surface area contributed by atoms with Crippen LogP contribution < -0.4 is 5.73 Å². The molecule has 0 radical (unpaired) electrons. The van der Waals surface area contributed by atoms with Crippen molar-refractivity contribution in [3.8, 4) is 0 Å². The van der Waals surface area contributed by atoms with Crippen molar-refractivity contribution in [3.63, 3.8) is 0 Å². The first-order valence-electron chi connectivity index (χ1n) is 7.31. The van der Waals surface area contributed by atoms with Crippen molar-refractivity contribution >= 4 is 23.4 Å². The van der Waals surface area contributed by atoms with Crippen molar-refractivity contribution in [2.75, 3.05) is 0 Å². The lowest BCUT2D eigenvalue weighted by atomic mass is 10.0. The first-order chi connectivity index (χ1) is 10.1. The molecular formula is C18H22ClNS. The third kappa shape index (κ3) is 4.77. The molecule has 0 spiro atoms. The van der Waals surface area contributed by atoms with E-state index in [-0.39, 0.29) is 6.04 Å². The molecule has 1 unspecified atom stereocenters. The van der Waals surface area contributed by atoms with Crippen molar-refractivity contribution in [3.05, 3.63) is 64.2 Å². The van der Waals surface area contributed by atoms with E-state index in [1.165, 1.54) is 21.6 Å². The van der Waals surface area contributed by atoms with Gasteiger partial charge in [-0.1, -0.05) is 42.8 Å². The van der Waals surface area contributed by atoms with E-state index < -0.39 is 0 Å². The Labute approximate surface area is 136 Å². The molecule has 0 saturated heterocycles. The number of hydrogen-bond acceptors (Lipinski definition) is 2. The highest BCUT2D eigenvalue weighted by atomic mass is 35.5. The van der Waals surface area contributed by atoms with Crippen molar-refractivity contribution in [2.24, 2.45) is 5.73 Å². The summed E-state index contributed by atoms with van der Waals surface area (Å²) in [4.78, 5) is 1.28. The maximum Gasteiger partial charge on any atom is 0.0409 e. The number of thioether (sulfide) groups is 1. The molecule has 0 saturated carbocycles. The van der Waals surface area contributed by atoms with Crippen LogP contribution in [0.3, 0.4) is 0 Å². The van der Waals surface area contributed by atoms with Gasteiger partial charge in [0.2, 0.25) is 0 Å². The minimum Gasteiger partial charge on any atom is -0.327 e. The molecule has 2 aromatic rings.